The minimum absolute atomic E-state index is 0.196. The molecule has 144 valence electrons. The molecule has 0 fully saturated rings. The molecule has 4 aromatic rings. The second kappa shape index (κ2) is 8.10. The normalized spacial score (nSPS) is 11.2. The number of carbonyl (C=O) groups excluding carboxylic acids is 1. The van der Waals surface area contributed by atoms with E-state index in [2.05, 4.69) is 10.3 Å². The van der Waals surface area contributed by atoms with Gasteiger partial charge < -0.3 is 10.3 Å². The molecule has 0 spiro atoms. The molecular weight excluding hydrogens is 370 g/mol. The summed E-state index contributed by atoms with van der Waals surface area (Å²) in [5.41, 5.74) is 3.29. The van der Waals surface area contributed by atoms with Crippen LogP contribution in [-0.4, -0.2) is 10.9 Å². The molecule has 0 saturated carbocycles. The van der Waals surface area contributed by atoms with Gasteiger partial charge >= 0.3 is 0 Å². The monoisotopic (exact) mass is 388 g/mol. The van der Waals surface area contributed by atoms with Crippen LogP contribution in [-0.2, 0) is 6.54 Å². The number of rotatable bonds is 5. The molecule has 0 aliphatic rings. The highest BCUT2D eigenvalue weighted by Gasteiger charge is 2.12. The van der Waals surface area contributed by atoms with Gasteiger partial charge in [0.15, 0.2) is 0 Å². The average molecular weight is 388 g/mol. The summed E-state index contributed by atoms with van der Waals surface area (Å²) in [5.74, 6) is -1.08. The number of nitrogens with one attached hydrogen (secondary N) is 2. The fraction of sp³-hybridized carbons (Fsp3) is 0.0417. The third-order valence-corrected chi connectivity index (χ3v) is 4.57. The first kappa shape index (κ1) is 18.6. The molecule has 3 aromatic carbocycles. The van der Waals surface area contributed by atoms with Gasteiger partial charge in [-0.3, -0.25) is 4.79 Å². The fourth-order valence-electron chi connectivity index (χ4n) is 3.16. The van der Waals surface area contributed by atoms with Crippen molar-refractivity contribution in [2.75, 3.05) is 0 Å². The summed E-state index contributed by atoms with van der Waals surface area (Å²) in [6, 6.07) is 20.1. The minimum atomic E-state index is -0.379. The first-order valence-electron chi connectivity index (χ1n) is 9.16. The smallest absolute Gasteiger partial charge is 0.267 e. The van der Waals surface area contributed by atoms with E-state index in [1.807, 2.05) is 42.5 Å². The van der Waals surface area contributed by atoms with Crippen LogP contribution in [0.1, 0.15) is 27.2 Å². The molecule has 0 aliphatic heterocycles. The van der Waals surface area contributed by atoms with E-state index in [1.165, 1.54) is 24.3 Å². The molecule has 0 atom stereocenters. The minimum Gasteiger partial charge on any atom is -0.350 e. The Kier molecular flexibility index (Phi) is 5.20. The lowest BCUT2D eigenvalue weighted by Gasteiger charge is -2.04. The first-order valence-corrected chi connectivity index (χ1v) is 9.16. The maximum Gasteiger partial charge on any atom is 0.267 e. The van der Waals surface area contributed by atoms with Gasteiger partial charge in [0.1, 0.15) is 17.3 Å². The van der Waals surface area contributed by atoms with Crippen LogP contribution >= 0.6 is 0 Å². The third kappa shape index (κ3) is 4.41. The van der Waals surface area contributed by atoms with Gasteiger partial charge in [-0.15, -0.1) is 0 Å². The number of hydrogen-bond donors (Lipinski definition) is 2. The van der Waals surface area contributed by atoms with Gasteiger partial charge in [0, 0.05) is 17.5 Å². The number of hydrogen-bond acceptors (Lipinski definition) is 1. The Labute approximate surface area is 166 Å². The lowest BCUT2D eigenvalue weighted by atomic mass is 10.1. The zero-order valence-corrected chi connectivity index (χ0v) is 15.5. The van der Waals surface area contributed by atoms with Crippen LogP contribution in [0.25, 0.3) is 23.1 Å². The molecule has 2 N–H and O–H groups in total. The summed E-state index contributed by atoms with van der Waals surface area (Å²) in [6.45, 7) is 0.196. The topological polar surface area (TPSA) is 44.9 Å². The van der Waals surface area contributed by atoms with Crippen molar-refractivity contribution in [2.24, 2.45) is 0 Å². The third-order valence-electron chi connectivity index (χ3n) is 4.57. The van der Waals surface area contributed by atoms with Gasteiger partial charge in [-0.05, 0) is 41.5 Å². The Bertz CT molecular complexity index is 1200. The molecule has 1 aromatic heterocycles. The number of halogens is 2. The molecule has 1 amide bonds. The van der Waals surface area contributed by atoms with Crippen molar-refractivity contribution in [3.63, 3.8) is 0 Å². The van der Waals surface area contributed by atoms with Crippen LogP contribution in [0.15, 0.2) is 72.8 Å². The number of benzene rings is 3. The van der Waals surface area contributed by atoms with Gasteiger partial charge in [0.2, 0.25) is 0 Å². The molecule has 0 saturated heterocycles. The van der Waals surface area contributed by atoms with Crippen LogP contribution in [0.2, 0.25) is 0 Å². The SMILES string of the molecule is O=C(NCc1cccc(F)c1)c1cc2cc(F)cc(/C=C/c3ccccc3)c2[nH]1. The molecule has 29 heavy (non-hydrogen) atoms. The van der Waals surface area contributed by atoms with Crippen molar-refractivity contribution in [3.05, 3.63) is 107 Å². The van der Waals surface area contributed by atoms with E-state index in [0.29, 0.717) is 27.7 Å². The van der Waals surface area contributed by atoms with E-state index < -0.39 is 0 Å². The maximum atomic E-state index is 14.1. The Balaban J connectivity index is 1.58. The van der Waals surface area contributed by atoms with E-state index in [9.17, 15) is 13.6 Å². The maximum absolute atomic E-state index is 14.1. The largest absolute Gasteiger partial charge is 0.350 e. The number of fused-ring (bicyclic) bond motifs is 1. The summed E-state index contributed by atoms with van der Waals surface area (Å²) < 4.78 is 27.3. The Morgan fingerprint density at radius 3 is 2.52 bits per heavy atom. The number of carbonyl (C=O) groups is 1. The second-order valence-electron chi connectivity index (χ2n) is 6.70. The van der Waals surface area contributed by atoms with Crippen molar-refractivity contribution >= 4 is 29.0 Å². The Morgan fingerprint density at radius 2 is 1.72 bits per heavy atom. The van der Waals surface area contributed by atoms with Crippen LogP contribution < -0.4 is 5.32 Å². The molecular formula is C24H18F2N2O. The van der Waals surface area contributed by atoms with Crippen molar-refractivity contribution in [1.29, 1.82) is 0 Å². The molecule has 3 nitrogen and oxygen atoms in total. The van der Waals surface area contributed by atoms with Crippen LogP contribution in [0.3, 0.4) is 0 Å². The lowest BCUT2D eigenvalue weighted by Crippen LogP contribution is -2.23. The van der Waals surface area contributed by atoms with Crippen molar-refractivity contribution in [3.8, 4) is 0 Å². The number of amides is 1. The highest BCUT2D eigenvalue weighted by molar-refractivity contribution is 6.00. The summed E-state index contributed by atoms with van der Waals surface area (Å²) in [6.07, 6.45) is 3.70. The molecule has 4 rings (SSSR count). The summed E-state index contributed by atoms with van der Waals surface area (Å²) >= 11 is 0. The van der Waals surface area contributed by atoms with Gasteiger partial charge in [0.05, 0.1) is 5.52 Å². The molecule has 0 aliphatic carbocycles. The number of aromatic nitrogens is 1. The zero-order chi connectivity index (χ0) is 20.2. The molecule has 1 heterocycles. The lowest BCUT2D eigenvalue weighted by molar-refractivity contribution is 0.0946. The highest BCUT2D eigenvalue weighted by atomic mass is 19.1. The summed E-state index contributed by atoms with van der Waals surface area (Å²) in [5, 5.41) is 3.35. The van der Waals surface area contributed by atoms with E-state index in [1.54, 1.807) is 18.2 Å². The van der Waals surface area contributed by atoms with Gasteiger partial charge in [0.25, 0.3) is 5.91 Å². The molecule has 0 radical (unpaired) electrons. The average Bonchev–Trinajstić information content (AvgIpc) is 3.15. The summed E-state index contributed by atoms with van der Waals surface area (Å²) in [4.78, 5) is 15.6. The van der Waals surface area contributed by atoms with Gasteiger partial charge in [-0.1, -0.05) is 54.6 Å². The zero-order valence-electron chi connectivity index (χ0n) is 15.5. The summed E-state index contributed by atoms with van der Waals surface area (Å²) in [7, 11) is 0. The van der Waals surface area contributed by atoms with E-state index in [4.69, 9.17) is 0 Å². The number of aromatic amines is 1. The quantitative estimate of drug-likeness (QED) is 0.433. The van der Waals surface area contributed by atoms with Crippen LogP contribution in [0.4, 0.5) is 8.78 Å². The Hall–Kier alpha value is -3.73. The van der Waals surface area contributed by atoms with E-state index >= 15 is 0 Å². The predicted molar refractivity (Wildman–Crippen MR) is 111 cm³/mol. The van der Waals surface area contributed by atoms with Crippen LogP contribution in [0.5, 0.6) is 0 Å². The standard InChI is InChI=1S/C24H18F2N2O/c25-20-8-4-7-17(11-20)15-27-24(29)22-14-19-13-21(26)12-18(23(19)28-22)10-9-16-5-2-1-3-6-16/h1-14,28H,15H2,(H,27,29)/b10-9+. The molecule has 0 bridgehead atoms. The van der Waals surface area contributed by atoms with Gasteiger partial charge in [-0.2, -0.15) is 0 Å². The van der Waals surface area contributed by atoms with E-state index in [0.717, 1.165) is 5.56 Å². The van der Waals surface area contributed by atoms with Crippen LogP contribution in [0, 0.1) is 11.6 Å². The van der Waals surface area contributed by atoms with Crippen molar-refractivity contribution in [1.82, 2.24) is 10.3 Å². The first-order chi connectivity index (χ1) is 14.1. The predicted octanol–water partition coefficient (Wildman–Crippen LogP) is 5.55. The molecule has 0 unspecified atom stereocenters. The second-order valence-corrected chi connectivity index (χ2v) is 6.70. The van der Waals surface area contributed by atoms with Gasteiger partial charge in [-0.25, -0.2) is 8.78 Å². The fourth-order valence-corrected chi connectivity index (χ4v) is 3.16. The van der Waals surface area contributed by atoms with Crippen molar-refractivity contribution < 1.29 is 13.6 Å². The highest BCUT2D eigenvalue weighted by Crippen LogP contribution is 2.23. The van der Waals surface area contributed by atoms with Crippen molar-refractivity contribution in [2.45, 2.75) is 6.54 Å². The number of H-pyrrole nitrogens is 1. The Morgan fingerprint density at radius 1 is 0.897 bits per heavy atom. The van der Waals surface area contributed by atoms with E-state index in [-0.39, 0.29) is 24.1 Å². The molecule has 5 heteroatoms.